The van der Waals surface area contributed by atoms with Crippen LogP contribution in [-0.2, 0) is 0 Å². The first-order chi connectivity index (χ1) is 8.63. The molecule has 3 nitrogen and oxygen atoms in total. The lowest BCUT2D eigenvalue weighted by atomic mass is 10.1. The minimum absolute atomic E-state index is 0.0911. The van der Waals surface area contributed by atoms with E-state index in [1.807, 2.05) is 30.6 Å². The maximum absolute atomic E-state index is 12.3. The molecule has 0 bridgehead atoms. The lowest BCUT2D eigenvalue weighted by Gasteiger charge is -2.24. The van der Waals surface area contributed by atoms with Gasteiger partial charge >= 0.3 is 0 Å². The Labute approximate surface area is 113 Å². The first-order valence-corrected chi connectivity index (χ1v) is 7.61. The van der Waals surface area contributed by atoms with Crippen molar-refractivity contribution in [1.29, 1.82) is 0 Å². The van der Waals surface area contributed by atoms with Crippen molar-refractivity contribution in [1.82, 2.24) is 4.90 Å². The molecule has 18 heavy (non-hydrogen) atoms. The molecule has 0 unspecified atom stereocenters. The lowest BCUT2D eigenvalue weighted by Crippen LogP contribution is -2.35. The summed E-state index contributed by atoms with van der Waals surface area (Å²) >= 11 is 2.02. The van der Waals surface area contributed by atoms with E-state index in [1.165, 1.54) is 6.42 Å². The third kappa shape index (κ3) is 2.74. The van der Waals surface area contributed by atoms with E-state index in [1.54, 1.807) is 12.3 Å². The number of thioether (sulfide) groups is 1. The van der Waals surface area contributed by atoms with Gasteiger partial charge in [-0.25, -0.2) is 0 Å². The second-order valence-corrected chi connectivity index (χ2v) is 6.43. The molecule has 1 aliphatic carbocycles. The third-order valence-electron chi connectivity index (χ3n) is 3.72. The summed E-state index contributed by atoms with van der Waals surface area (Å²) in [5.74, 6) is 1.97. The van der Waals surface area contributed by atoms with Crippen LogP contribution in [0.3, 0.4) is 0 Å². The standard InChI is InChI=1S/C14H21NO2S/c1-4-18-12-6-5-11(9-12)15(3)14(16)13-7-8-17-10(13)2/h7-8,11-12H,4-6,9H2,1-3H3/t11-,12+/m0/s1. The monoisotopic (exact) mass is 267 g/mol. The Morgan fingerprint density at radius 3 is 2.94 bits per heavy atom. The van der Waals surface area contributed by atoms with Crippen LogP contribution in [0.5, 0.6) is 0 Å². The second kappa shape index (κ2) is 5.83. The number of hydrogen-bond donors (Lipinski definition) is 0. The van der Waals surface area contributed by atoms with E-state index in [4.69, 9.17) is 4.42 Å². The van der Waals surface area contributed by atoms with Gasteiger partial charge in [0.1, 0.15) is 5.76 Å². The van der Waals surface area contributed by atoms with Gasteiger partial charge < -0.3 is 9.32 Å². The van der Waals surface area contributed by atoms with Crippen LogP contribution in [0.2, 0.25) is 0 Å². The van der Waals surface area contributed by atoms with Crippen molar-refractivity contribution >= 4 is 17.7 Å². The zero-order chi connectivity index (χ0) is 13.1. The van der Waals surface area contributed by atoms with Gasteiger partial charge in [0.15, 0.2) is 0 Å². The largest absolute Gasteiger partial charge is 0.469 e. The highest BCUT2D eigenvalue weighted by molar-refractivity contribution is 7.99. The van der Waals surface area contributed by atoms with Crippen molar-refractivity contribution in [2.75, 3.05) is 12.8 Å². The van der Waals surface area contributed by atoms with E-state index in [-0.39, 0.29) is 5.91 Å². The molecule has 1 saturated carbocycles. The molecular formula is C14H21NO2S. The highest BCUT2D eigenvalue weighted by atomic mass is 32.2. The van der Waals surface area contributed by atoms with E-state index < -0.39 is 0 Å². The van der Waals surface area contributed by atoms with Crippen molar-refractivity contribution in [3.05, 3.63) is 23.7 Å². The predicted octanol–water partition coefficient (Wildman–Crippen LogP) is 3.33. The molecule has 4 heteroatoms. The van der Waals surface area contributed by atoms with Crippen LogP contribution >= 0.6 is 11.8 Å². The zero-order valence-corrected chi connectivity index (χ0v) is 12.1. The van der Waals surface area contributed by atoms with Gasteiger partial charge in [0, 0.05) is 18.3 Å². The van der Waals surface area contributed by atoms with E-state index in [0.717, 1.165) is 23.8 Å². The fourth-order valence-electron chi connectivity index (χ4n) is 2.62. The third-order valence-corrected chi connectivity index (χ3v) is 4.95. The molecule has 2 rings (SSSR count). The molecular weight excluding hydrogens is 246 g/mol. The molecule has 100 valence electrons. The number of aryl methyl sites for hydroxylation is 1. The Hall–Kier alpha value is -0.900. The average molecular weight is 267 g/mol. The Morgan fingerprint density at radius 1 is 1.56 bits per heavy atom. The molecule has 1 heterocycles. The number of nitrogens with zero attached hydrogens (tertiary/aromatic N) is 1. The second-order valence-electron chi connectivity index (χ2n) is 4.85. The lowest BCUT2D eigenvalue weighted by molar-refractivity contribution is 0.0733. The molecule has 1 amide bonds. The fourth-order valence-corrected chi connectivity index (χ4v) is 3.75. The molecule has 0 spiro atoms. The maximum atomic E-state index is 12.3. The maximum Gasteiger partial charge on any atom is 0.257 e. The van der Waals surface area contributed by atoms with Crippen molar-refractivity contribution in [3.63, 3.8) is 0 Å². The summed E-state index contributed by atoms with van der Waals surface area (Å²) in [6, 6.07) is 2.15. The average Bonchev–Trinajstić information content (AvgIpc) is 2.97. The van der Waals surface area contributed by atoms with Crippen LogP contribution in [0.4, 0.5) is 0 Å². The van der Waals surface area contributed by atoms with Crippen LogP contribution in [-0.4, -0.2) is 34.9 Å². The molecule has 0 aliphatic heterocycles. The number of amides is 1. The molecule has 0 saturated heterocycles. The Balaban J connectivity index is 1.98. The topological polar surface area (TPSA) is 33.5 Å². The van der Waals surface area contributed by atoms with Crippen LogP contribution < -0.4 is 0 Å². The fraction of sp³-hybridized carbons (Fsp3) is 0.643. The molecule has 1 aromatic heterocycles. The Morgan fingerprint density at radius 2 is 2.33 bits per heavy atom. The molecule has 1 fully saturated rings. The minimum Gasteiger partial charge on any atom is -0.469 e. The number of carbonyl (C=O) groups excluding carboxylic acids is 1. The SMILES string of the molecule is CCS[C@@H]1CC[C@H](N(C)C(=O)c2ccoc2C)C1. The van der Waals surface area contributed by atoms with Gasteiger partial charge in [-0.2, -0.15) is 11.8 Å². The smallest absolute Gasteiger partial charge is 0.257 e. The Bertz CT molecular complexity index is 416. The van der Waals surface area contributed by atoms with Crippen molar-refractivity contribution in [2.45, 2.75) is 44.4 Å². The van der Waals surface area contributed by atoms with Crippen LogP contribution in [0.15, 0.2) is 16.7 Å². The first kappa shape index (κ1) is 13.5. The van der Waals surface area contributed by atoms with Crippen molar-refractivity contribution in [3.8, 4) is 0 Å². The molecule has 0 radical (unpaired) electrons. The van der Waals surface area contributed by atoms with Gasteiger partial charge in [-0.3, -0.25) is 4.79 Å². The van der Waals surface area contributed by atoms with Gasteiger partial charge in [-0.05, 0) is 38.0 Å². The van der Waals surface area contributed by atoms with Crippen molar-refractivity contribution < 1.29 is 9.21 Å². The van der Waals surface area contributed by atoms with Crippen LogP contribution in [0.25, 0.3) is 0 Å². The predicted molar refractivity (Wildman–Crippen MR) is 75.1 cm³/mol. The summed E-state index contributed by atoms with van der Waals surface area (Å²) in [7, 11) is 1.92. The summed E-state index contributed by atoms with van der Waals surface area (Å²) in [4.78, 5) is 14.2. The van der Waals surface area contributed by atoms with Crippen LogP contribution in [0, 0.1) is 6.92 Å². The summed E-state index contributed by atoms with van der Waals surface area (Å²) < 4.78 is 5.21. The summed E-state index contributed by atoms with van der Waals surface area (Å²) in [5, 5.41) is 0.723. The van der Waals surface area contributed by atoms with Gasteiger partial charge in [0.25, 0.3) is 5.91 Å². The highest BCUT2D eigenvalue weighted by Gasteiger charge is 2.30. The molecule has 1 aliphatic rings. The van der Waals surface area contributed by atoms with Gasteiger partial charge in [-0.1, -0.05) is 6.92 Å². The first-order valence-electron chi connectivity index (χ1n) is 6.56. The summed E-state index contributed by atoms with van der Waals surface area (Å²) in [5.41, 5.74) is 0.698. The van der Waals surface area contributed by atoms with E-state index >= 15 is 0 Å². The Kier molecular flexibility index (Phi) is 4.38. The molecule has 0 aromatic carbocycles. The number of furan rings is 1. The van der Waals surface area contributed by atoms with E-state index in [0.29, 0.717) is 17.4 Å². The van der Waals surface area contributed by atoms with Crippen LogP contribution in [0.1, 0.15) is 42.3 Å². The number of carbonyl (C=O) groups is 1. The molecule has 2 atom stereocenters. The molecule has 1 aromatic rings. The van der Waals surface area contributed by atoms with Gasteiger partial charge in [0.05, 0.1) is 11.8 Å². The normalized spacial score (nSPS) is 23.3. The van der Waals surface area contributed by atoms with E-state index in [2.05, 4.69) is 6.92 Å². The minimum atomic E-state index is 0.0911. The highest BCUT2D eigenvalue weighted by Crippen LogP contribution is 2.32. The van der Waals surface area contributed by atoms with Gasteiger partial charge in [0.2, 0.25) is 0 Å². The number of rotatable bonds is 4. The quantitative estimate of drug-likeness (QED) is 0.839. The number of hydrogen-bond acceptors (Lipinski definition) is 3. The summed E-state index contributed by atoms with van der Waals surface area (Å²) in [6.07, 6.45) is 5.06. The molecule has 0 N–H and O–H groups in total. The van der Waals surface area contributed by atoms with Crippen molar-refractivity contribution in [2.24, 2.45) is 0 Å². The van der Waals surface area contributed by atoms with E-state index in [9.17, 15) is 4.79 Å². The van der Waals surface area contributed by atoms with Gasteiger partial charge in [-0.15, -0.1) is 0 Å². The zero-order valence-electron chi connectivity index (χ0n) is 11.3. The summed E-state index contributed by atoms with van der Waals surface area (Å²) in [6.45, 7) is 4.03.